The Morgan fingerprint density at radius 1 is 1.14 bits per heavy atom. The quantitative estimate of drug-likeness (QED) is 0.285. The molecular weight excluding hydrogens is 450 g/mol. The van der Waals surface area contributed by atoms with Gasteiger partial charge < -0.3 is 15.7 Å². The number of aliphatic hydroxyl groups is 1. The molecule has 1 aliphatic heterocycles. The Morgan fingerprint density at radius 3 is 2.47 bits per heavy atom. The van der Waals surface area contributed by atoms with Gasteiger partial charge in [-0.15, -0.1) is 0 Å². The number of nitrogens with one attached hydrogen (secondary N) is 2. The summed E-state index contributed by atoms with van der Waals surface area (Å²) in [6.45, 7) is 14.0. The van der Waals surface area contributed by atoms with Crippen LogP contribution in [0, 0.1) is 0 Å². The summed E-state index contributed by atoms with van der Waals surface area (Å²) >= 11 is 0. The summed E-state index contributed by atoms with van der Waals surface area (Å²) in [4.78, 5) is 24.4. The Hall–Kier alpha value is -2.51. The molecule has 0 fully saturated rings. The van der Waals surface area contributed by atoms with Crippen molar-refractivity contribution in [1.29, 1.82) is 0 Å². The monoisotopic (exact) mass is 495 g/mol. The number of nitrogens with zero attached hydrogens (tertiary/aromatic N) is 3. The van der Waals surface area contributed by atoms with Crippen LogP contribution in [0.5, 0.6) is 0 Å². The van der Waals surface area contributed by atoms with E-state index in [1.165, 1.54) is 5.56 Å². The van der Waals surface area contributed by atoms with Crippen LogP contribution >= 0.6 is 0 Å². The van der Waals surface area contributed by atoms with Gasteiger partial charge in [0.2, 0.25) is 11.9 Å². The summed E-state index contributed by atoms with van der Waals surface area (Å²) in [7, 11) is 0. The van der Waals surface area contributed by atoms with Crippen molar-refractivity contribution < 1.29 is 9.90 Å². The van der Waals surface area contributed by atoms with Crippen LogP contribution in [0.2, 0.25) is 0 Å². The van der Waals surface area contributed by atoms with E-state index in [1.54, 1.807) is 0 Å². The average Bonchev–Trinajstić information content (AvgIpc) is 3.09. The Labute approximate surface area is 217 Å². The first-order valence-corrected chi connectivity index (χ1v) is 13.7. The Bertz CT molecular complexity index is 1010. The Morgan fingerprint density at radius 2 is 1.83 bits per heavy atom. The van der Waals surface area contributed by atoms with E-state index in [2.05, 4.69) is 48.5 Å². The van der Waals surface area contributed by atoms with Gasteiger partial charge in [0.05, 0.1) is 11.0 Å². The smallest absolute Gasteiger partial charge is 0.238 e. The van der Waals surface area contributed by atoms with Crippen molar-refractivity contribution in [2.24, 2.45) is 0 Å². The van der Waals surface area contributed by atoms with Gasteiger partial charge in [0.25, 0.3) is 0 Å². The van der Waals surface area contributed by atoms with Gasteiger partial charge in [-0.05, 0) is 77.1 Å². The van der Waals surface area contributed by atoms with Crippen LogP contribution in [-0.2, 0) is 16.8 Å². The van der Waals surface area contributed by atoms with E-state index in [1.807, 2.05) is 44.0 Å². The van der Waals surface area contributed by atoms with Gasteiger partial charge in [0.1, 0.15) is 5.82 Å². The SMILES string of the molecule is CCCCC(C)(O)CCCNCc1ccc(Nc2ncc3c(n2)N([C@@H](C)CC)C(=O)C3(C)CC)cc1. The first kappa shape index (κ1) is 28.1. The molecule has 0 spiro atoms. The van der Waals surface area contributed by atoms with Gasteiger partial charge in [0.15, 0.2) is 0 Å². The van der Waals surface area contributed by atoms with E-state index in [9.17, 15) is 9.90 Å². The molecule has 36 heavy (non-hydrogen) atoms. The summed E-state index contributed by atoms with van der Waals surface area (Å²) < 4.78 is 0. The van der Waals surface area contributed by atoms with Crippen molar-refractivity contribution in [1.82, 2.24) is 15.3 Å². The molecule has 1 aliphatic rings. The van der Waals surface area contributed by atoms with Crippen LogP contribution in [0.25, 0.3) is 0 Å². The number of benzene rings is 1. The molecule has 0 radical (unpaired) electrons. The zero-order chi connectivity index (χ0) is 26.3. The molecule has 198 valence electrons. The lowest BCUT2D eigenvalue weighted by Gasteiger charge is -2.26. The van der Waals surface area contributed by atoms with Crippen LogP contribution in [0.3, 0.4) is 0 Å². The number of rotatable bonds is 14. The van der Waals surface area contributed by atoms with Crippen molar-refractivity contribution in [3.8, 4) is 0 Å². The van der Waals surface area contributed by atoms with Crippen LogP contribution < -0.4 is 15.5 Å². The number of carbonyl (C=O) groups excluding carboxylic acids is 1. The van der Waals surface area contributed by atoms with Crippen molar-refractivity contribution in [2.45, 2.75) is 110 Å². The van der Waals surface area contributed by atoms with Crippen LogP contribution in [-0.4, -0.2) is 39.2 Å². The average molecular weight is 496 g/mol. The standard InChI is InChI=1S/C29H45N5O2/c1-7-10-16-28(5,36)17-11-18-30-19-22-12-14-23(15-13-22)32-27-31-20-24-25(33-27)34(21(4)8-2)26(35)29(24,6)9-3/h12-15,20-21,30,36H,7-11,16-19H2,1-6H3,(H,31,32,33)/t21-,28?,29?/m0/s1. The normalized spacial score (nSPS) is 19.8. The third-order valence-corrected chi connectivity index (χ3v) is 7.70. The zero-order valence-corrected chi connectivity index (χ0v) is 23.0. The second-order valence-electron chi connectivity index (χ2n) is 10.8. The summed E-state index contributed by atoms with van der Waals surface area (Å²) in [5.74, 6) is 1.34. The summed E-state index contributed by atoms with van der Waals surface area (Å²) in [5, 5.41) is 17.2. The van der Waals surface area contributed by atoms with Crippen LogP contribution in [0.15, 0.2) is 30.5 Å². The molecule has 0 saturated carbocycles. The van der Waals surface area contributed by atoms with Crippen LogP contribution in [0.1, 0.15) is 97.6 Å². The maximum absolute atomic E-state index is 13.3. The number of unbranched alkanes of at least 4 members (excludes halogenated alkanes) is 1. The number of aromatic nitrogens is 2. The van der Waals surface area contributed by atoms with Gasteiger partial charge >= 0.3 is 0 Å². The minimum atomic E-state index is -0.572. The highest BCUT2D eigenvalue weighted by Crippen LogP contribution is 2.44. The first-order chi connectivity index (χ1) is 17.1. The highest BCUT2D eigenvalue weighted by atomic mass is 16.3. The molecule has 3 rings (SSSR count). The second-order valence-corrected chi connectivity index (χ2v) is 10.8. The van der Waals surface area contributed by atoms with E-state index in [-0.39, 0.29) is 11.9 Å². The van der Waals surface area contributed by atoms with Gasteiger partial charge in [-0.3, -0.25) is 9.69 Å². The summed E-state index contributed by atoms with van der Waals surface area (Å²) in [5.41, 5.74) is 1.88. The molecule has 1 aromatic heterocycles. The van der Waals surface area contributed by atoms with Crippen LogP contribution in [0.4, 0.5) is 17.5 Å². The molecule has 0 bridgehead atoms. The summed E-state index contributed by atoms with van der Waals surface area (Å²) in [6, 6.07) is 8.31. The van der Waals surface area contributed by atoms with Crippen molar-refractivity contribution in [3.05, 3.63) is 41.6 Å². The highest BCUT2D eigenvalue weighted by molar-refractivity contribution is 6.07. The van der Waals surface area contributed by atoms with Crippen molar-refractivity contribution >= 4 is 23.4 Å². The lowest BCUT2D eigenvalue weighted by molar-refractivity contribution is -0.123. The zero-order valence-electron chi connectivity index (χ0n) is 23.0. The van der Waals surface area contributed by atoms with Gasteiger partial charge in [0, 0.05) is 30.0 Å². The number of amides is 1. The molecule has 2 heterocycles. The van der Waals surface area contributed by atoms with Crippen molar-refractivity contribution in [2.75, 3.05) is 16.8 Å². The van der Waals surface area contributed by atoms with Gasteiger partial charge in [-0.25, -0.2) is 4.98 Å². The molecule has 2 unspecified atom stereocenters. The predicted molar refractivity (Wildman–Crippen MR) is 148 cm³/mol. The number of anilines is 3. The number of carbonyl (C=O) groups is 1. The summed E-state index contributed by atoms with van der Waals surface area (Å²) in [6.07, 6.45) is 8.24. The molecule has 3 atom stereocenters. The molecule has 3 N–H and O–H groups in total. The fourth-order valence-electron chi connectivity index (χ4n) is 4.76. The third-order valence-electron chi connectivity index (χ3n) is 7.70. The maximum Gasteiger partial charge on any atom is 0.238 e. The molecule has 0 aliphatic carbocycles. The lowest BCUT2D eigenvalue weighted by Crippen LogP contribution is -2.42. The molecule has 7 nitrogen and oxygen atoms in total. The molecule has 0 saturated heterocycles. The molecular formula is C29H45N5O2. The van der Waals surface area contributed by atoms with E-state index in [4.69, 9.17) is 4.98 Å². The first-order valence-electron chi connectivity index (χ1n) is 13.7. The minimum Gasteiger partial charge on any atom is -0.390 e. The maximum atomic E-state index is 13.3. The molecule has 7 heteroatoms. The number of fused-ring (bicyclic) bond motifs is 1. The lowest BCUT2D eigenvalue weighted by atomic mass is 9.83. The van der Waals surface area contributed by atoms with Gasteiger partial charge in [-0.2, -0.15) is 4.98 Å². The fourth-order valence-corrected chi connectivity index (χ4v) is 4.76. The van der Waals surface area contributed by atoms with E-state index < -0.39 is 11.0 Å². The fraction of sp³-hybridized carbons (Fsp3) is 0.621. The minimum absolute atomic E-state index is 0.0848. The Kier molecular flexibility index (Phi) is 9.47. The predicted octanol–water partition coefficient (Wildman–Crippen LogP) is 5.84. The van der Waals surface area contributed by atoms with Crippen molar-refractivity contribution in [3.63, 3.8) is 0 Å². The Balaban J connectivity index is 1.58. The highest BCUT2D eigenvalue weighted by Gasteiger charge is 2.48. The number of hydrogen-bond acceptors (Lipinski definition) is 6. The molecule has 2 aromatic rings. The van der Waals surface area contributed by atoms with E-state index >= 15 is 0 Å². The second kappa shape index (κ2) is 12.2. The van der Waals surface area contributed by atoms with E-state index in [0.717, 1.165) is 75.1 Å². The largest absolute Gasteiger partial charge is 0.390 e. The third kappa shape index (κ3) is 6.43. The molecule has 1 aromatic carbocycles. The number of hydrogen-bond donors (Lipinski definition) is 3. The van der Waals surface area contributed by atoms with Gasteiger partial charge in [-0.1, -0.05) is 45.7 Å². The van der Waals surface area contributed by atoms with E-state index in [0.29, 0.717) is 5.95 Å². The molecule has 1 amide bonds. The topological polar surface area (TPSA) is 90.4 Å².